The van der Waals surface area contributed by atoms with Gasteiger partial charge in [0, 0.05) is 17.9 Å². The molecule has 2 amide bonds. The van der Waals surface area contributed by atoms with Crippen molar-refractivity contribution < 1.29 is 29.0 Å². The van der Waals surface area contributed by atoms with Crippen LogP contribution in [0.3, 0.4) is 0 Å². The summed E-state index contributed by atoms with van der Waals surface area (Å²) in [5.74, 6) is -2.79. The van der Waals surface area contributed by atoms with E-state index >= 15 is 0 Å². The van der Waals surface area contributed by atoms with E-state index in [2.05, 4.69) is 29.4 Å². The van der Waals surface area contributed by atoms with E-state index in [4.69, 9.17) is 9.47 Å². The smallest absolute Gasteiger partial charge is 0.312 e. The van der Waals surface area contributed by atoms with Crippen LogP contribution in [0.1, 0.15) is 44.7 Å². The molecule has 4 rings (SSSR count). The molecule has 3 unspecified atom stereocenters. The van der Waals surface area contributed by atoms with Crippen LogP contribution in [0.4, 0.5) is 0 Å². The summed E-state index contributed by atoms with van der Waals surface area (Å²) in [6.07, 6.45) is 3.21. The number of aliphatic hydroxyl groups excluding tert-OH is 1. The highest BCUT2D eigenvalue weighted by atomic mass is 79.9. The van der Waals surface area contributed by atoms with E-state index in [1.54, 1.807) is 17.9 Å². The molecule has 1 spiro atoms. The first-order valence-electron chi connectivity index (χ1n) is 12.7. The molecule has 0 saturated carbocycles. The van der Waals surface area contributed by atoms with Crippen LogP contribution in [0.15, 0.2) is 43.0 Å². The molecule has 1 N–H and O–H groups in total. The van der Waals surface area contributed by atoms with E-state index < -0.39 is 41.6 Å². The Morgan fingerprint density at radius 3 is 2.69 bits per heavy atom. The molecule has 3 aliphatic heterocycles. The number of nitrogens with zero attached hydrogens (tertiary/aromatic N) is 2. The van der Waals surface area contributed by atoms with Gasteiger partial charge in [-0.2, -0.15) is 0 Å². The number of carbonyl (C=O) groups is 3. The molecule has 0 radical (unpaired) electrons. The molecule has 2 bridgehead atoms. The minimum atomic E-state index is -1.20. The lowest BCUT2D eigenvalue weighted by molar-refractivity contribution is -0.156. The Morgan fingerprint density at radius 1 is 1.36 bits per heavy atom. The maximum atomic E-state index is 14.3. The summed E-state index contributed by atoms with van der Waals surface area (Å²) < 4.78 is 11.9. The molecule has 3 saturated heterocycles. The number of hydrogen-bond donors (Lipinski definition) is 1. The van der Waals surface area contributed by atoms with E-state index in [1.807, 2.05) is 30.3 Å². The normalized spacial score (nSPS) is 31.3. The van der Waals surface area contributed by atoms with Crippen LogP contribution in [-0.4, -0.2) is 81.6 Å². The van der Waals surface area contributed by atoms with Gasteiger partial charge in [0.05, 0.1) is 37.2 Å². The number of likely N-dealkylation sites (tertiary alicyclic amines) is 1. The van der Waals surface area contributed by atoms with Crippen LogP contribution in [0.5, 0.6) is 0 Å². The summed E-state index contributed by atoms with van der Waals surface area (Å²) in [4.78, 5) is 44.5. The lowest BCUT2D eigenvalue weighted by Crippen LogP contribution is -2.57. The van der Waals surface area contributed by atoms with Crippen molar-refractivity contribution in [3.8, 4) is 0 Å². The largest absolute Gasteiger partial charge is 0.466 e. The van der Waals surface area contributed by atoms with E-state index in [9.17, 15) is 19.5 Å². The van der Waals surface area contributed by atoms with Crippen molar-refractivity contribution in [3.05, 3.63) is 48.6 Å². The van der Waals surface area contributed by atoms with Crippen molar-refractivity contribution >= 4 is 33.7 Å². The summed E-state index contributed by atoms with van der Waals surface area (Å²) in [7, 11) is 0. The fraction of sp³-hybridized carbons (Fsp3) is 0.593. The lowest BCUT2D eigenvalue weighted by atomic mass is 9.70. The predicted octanol–water partition coefficient (Wildman–Crippen LogP) is 2.85. The number of aliphatic hydroxyl groups is 1. The third-order valence-corrected chi connectivity index (χ3v) is 8.50. The van der Waals surface area contributed by atoms with Crippen molar-refractivity contribution in [2.45, 2.75) is 61.7 Å². The van der Waals surface area contributed by atoms with Gasteiger partial charge in [-0.25, -0.2) is 0 Å². The molecule has 3 aliphatic rings. The van der Waals surface area contributed by atoms with Crippen molar-refractivity contribution in [1.82, 2.24) is 9.80 Å². The molecule has 7 atom stereocenters. The van der Waals surface area contributed by atoms with Crippen LogP contribution in [0.25, 0.3) is 0 Å². The summed E-state index contributed by atoms with van der Waals surface area (Å²) in [5, 5.41) is 10.5. The molecule has 9 heteroatoms. The Bertz CT molecular complexity index is 990. The third kappa shape index (κ3) is 4.29. The quantitative estimate of drug-likeness (QED) is 0.253. The molecular weight excluding hydrogens is 528 g/mol. The Kier molecular flexibility index (Phi) is 8.22. The first-order valence-corrected chi connectivity index (χ1v) is 13.6. The molecule has 196 valence electrons. The number of rotatable bonds is 11. The van der Waals surface area contributed by atoms with Crippen LogP contribution >= 0.6 is 15.9 Å². The zero-order valence-corrected chi connectivity index (χ0v) is 22.4. The van der Waals surface area contributed by atoms with E-state index in [0.29, 0.717) is 25.1 Å². The average molecular weight is 563 g/mol. The molecule has 1 aromatic rings. The summed E-state index contributed by atoms with van der Waals surface area (Å²) in [6, 6.07) is 7.42. The van der Waals surface area contributed by atoms with Gasteiger partial charge < -0.3 is 24.4 Å². The van der Waals surface area contributed by atoms with Crippen LogP contribution in [0, 0.1) is 11.8 Å². The van der Waals surface area contributed by atoms with Crippen molar-refractivity contribution in [3.63, 3.8) is 0 Å². The SMILES string of the molecule is C=CCN(CCCC)C(=O)C1N([C@H](CO)c2ccccc2)C(=O)[C@@H]2[C@H](C(=O)OCC)[C@H]3OC12CC3Br. The maximum absolute atomic E-state index is 14.3. The number of alkyl halides is 1. The predicted molar refractivity (Wildman–Crippen MR) is 137 cm³/mol. The molecule has 3 heterocycles. The maximum Gasteiger partial charge on any atom is 0.312 e. The monoisotopic (exact) mass is 562 g/mol. The standard InChI is InChI=1S/C27H35BrN2O6/c1-4-7-14-29(13-5-2)25(33)23-27-15-18(28)22(36-27)20(26(34)35-6-3)21(27)24(32)30(23)19(16-31)17-11-9-8-10-12-17/h5,8-12,18-23,31H,2,4,6-7,13-16H2,1,3H3/t18?,19-,20+,21+,22+,23?,27?/m1/s1. The third-order valence-electron chi connectivity index (χ3n) is 7.66. The van der Waals surface area contributed by atoms with Crippen LogP contribution in [0.2, 0.25) is 0 Å². The summed E-state index contributed by atoms with van der Waals surface area (Å²) in [6.45, 7) is 8.24. The second kappa shape index (κ2) is 11.0. The fourth-order valence-electron chi connectivity index (χ4n) is 6.19. The average Bonchev–Trinajstić information content (AvgIpc) is 3.46. The number of halogens is 1. The number of carbonyl (C=O) groups excluding carboxylic acids is 3. The van der Waals surface area contributed by atoms with Gasteiger partial charge in [-0.15, -0.1) is 6.58 Å². The molecule has 1 aromatic carbocycles. The molecule has 0 aliphatic carbocycles. The number of unbranched alkanes of at least 4 members (excludes halogenated alkanes) is 1. The molecule has 36 heavy (non-hydrogen) atoms. The highest BCUT2D eigenvalue weighted by molar-refractivity contribution is 9.09. The topological polar surface area (TPSA) is 96.4 Å². The van der Waals surface area contributed by atoms with Gasteiger partial charge in [-0.05, 0) is 25.3 Å². The van der Waals surface area contributed by atoms with E-state index in [1.165, 1.54) is 4.90 Å². The number of benzene rings is 1. The van der Waals surface area contributed by atoms with Gasteiger partial charge in [0.2, 0.25) is 11.8 Å². The molecule has 0 aromatic heterocycles. The Morgan fingerprint density at radius 2 is 2.08 bits per heavy atom. The summed E-state index contributed by atoms with van der Waals surface area (Å²) in [5.41, 5.74) is -0.484. The second-order valence-electron chi connectivity index (χ2n) is 9.70. The zero-order valence-electron chi connectivity index (χ0n) is 20.8. The van der Waals surface area contributed by atoms with Gasteiger partial charge >= 0.3 is 5.97 Å². The van der Waals surface area contributed by atoms with Crippen molar-refractivity contribution in [2.24, 2.45) is 11.8 Å². The van der Waals surface area contributed by atoms with Gasteiger partial charge in [0.15, 0.2) is 0 Å². The van der Waals surface area contributed by atoms with Crippen molar-refractivity contribution in [1.29, 1.82) is 0 Å². The van der Waals surface area contributed by atoms with Crippen molar-refractivity contribution in [2.75, 3.05) is 26.3 Å². The number of fused-ring (bicyclic) bond motifs is 1. The lowest BCUT2D eigenvalue weighted by Gasteiger charge is -2.39. The first-order chi connectivity index (χ1) is 17.4. The Labute approximate surface area is 220 Å². The van der Waals surface area contributed by atoms with Crippen LogP contribution < -0.4 is 0 Å². The number of hydrogen-bond acceptors (Lipinski definition) is 6. The fourth-order valence-corrected chi connectivity index (χ4v) is 7.13. The summed E-state index contributed by atoms with van der Waals surface area (Å²) >= 11 is 3.66. The number of esters is 1. The molecule has 8 nitrogen and oxygen atoms in total. The van der Waals surface area contributed by atoms with E-state index in [-0.39, 0.29) is 29.9 Å². The highest BCUT2D eigenvalue weighted by Gasteiger charge is 2.77. The Hall–Kier alpha value is -2.23. The second-order valence-corrected chi connectivity index (χ2v) is 10.9. The minimum absolute atomic E-state index is 0.183. The minimum Gasteiger partial charge on any atom is -0.466 e. The van der Waals surface area contributed by atoms with Crippen LogP contribution in [-0.2, 0) is 23.9 Å². The van der Waals surface area contributed by atoms with Gasteiger partial charge in [0.25, 0.3) is 0 Å². The van der Waals surface area contributed by atoms with Gasteiger partial charge in [0.1, 0.15) is 11.6 Å². The molecular formula is C27H35BrN2O6. The Balaban J connectivity index is 1.84. The highest BCUT2D eigenvalue weighted by Crippen LogP contribution is 2.61. The van der Waals surface area contributed by atoms with E-state index in [0.717, 1.165) is 12.8 Å². The van der Waals surface area contributed by atoms with Gasteiger partial charge in [-0.3, -0.25) is 14.4 Å². The molecule has 3 fully saturated rings. The number of ether oxygens (including phenoxy) is 2. The number of amides is 2. The zero-order chi connectivity index (χ0) is 26.0. The first kappa shape index (κ1) is 26.8. The van der Waals surface area contributed by atoms with Gasteiger partial charge in [-0.1, -0.05) is 65.7 Å².